The van der Waals surface area contributed by atoms with Crippen LogP contribution in [0.5, 0.6) is 0 Å². The molecule has 0 bridgehead atoms. The van der Waals surface area contributed by atoms with E-state index in [0.29, 0.717) is 5.56 Å². The van der Waals surface area contributed by atoms with E-state index in [1.165, 1.54) is 0 Å². The Hall–Kier alpha value is -2.20. The van der Waals surface area contributed by atoms with Gasteiger partial charge in [-0.2, -0.15) is 0 Å². The number of amides is 1. The first-order chi connectivity index (χ1) is 11.5. The molecule has 1 N–H and O–H groups in total. The lowest BCUT2D eigenvalue weighted by molar-refractivity contribution is 0.0944. The number of carbonyl (C=O) groups excluding carboxylic acids is 1. The van der Waals surface area contributed by atoms with Crippen LogP contribution in [0.4, 0.5) is 0 Å². The molecule has 1 amide bonds. The van der Waals surface area contributed by atoms with Crippen LogP contribution in [0.15, 0.2) is 53.0 Å². The lowest BCUT2D eigenvalue weighted by Gasteiger charge is -2.16. The molecule has 1 aromatic heterocycles. The van der Waals surface area contributed by atoms with Crippen molar-refractivity contribution in [2.24, 2.45) is 0 Å². The number of aromatic nitrogens is 1. The van der Waals surface area contributed by atoms with E-state index in [1.54, 1.807) is 0 Å². The fourth-order valence-electron chi connectivity index (χ4n) is 2.83. The van der Waals surface area contributed by atoms with Gasteiger partial charge in [0.2, 0.25) is 0 Å². The second-order valence-corrected chi connectivity index (χ2v) is 7.03. The highest BCUT2D eigenvalue weighted by molar-refractivity contribution is 9.10. The topological polar surface area (TPSA) is 42.0 Å². The Labute approximate surface area is 150 Å². The van der Waals surface area contributed by atoms with E-state index < -0.39 is 0 Å². The summed E-state index contributed by atoms with van der Waals surface area (Å²) in [7, 11) is 0. The van der Waals surface area contributed by atoms with Crippen molar-refractivity contribution in [1.82, 2.24) is 10.3 Å². The number of carbonyl (C=O) groups is 1. The van der Waals surface area contributed by atoms with Crippen LogP contribution in [0.1, 0.15) is 29.8 Å². The van der Waals surface area contributed by atoms with Gasteiger partial charge < -0.3 is 5.32 Å². The summed E-state index contributed by atoms with van der Waals surface area (Å²) in [6.07, 6.45) is 0. The molecule has 2 aromatic carbocycles. The normalized spacial score (nSPS) is 11.0. The zero-order valence-corrected chi connectivity index (χ0v) is 15.5. The third-order valence-electron chi connectivity index (χ3n) is 3.88. The van der Waals surface area contributed by atoms with Crippen LogP contribution < -0.4 is 5.32 Å². The van der Waals surface area contributed by atoms with Crippen LogP contribution in [0.3, 0.4) is 0 Å². The summed E-state index contributed by atoms with van der Waals surface area (Å²) in [6, 6.07) is 15.9. The molecule has 0 fully saturated rings. The molecule has 0 aliphatic rings. The Kier molecular flexibility index (Phi) is 4.67. The molecule has 0 unspecified atom stereocenters. The van der Waals surface area contributed by atoms with Gasteiger partial charge in [-0.1, -0.05) is 46.3 Å². The summed E-state index contributed by atoms with van der Waals surface area (Å²) in [5, 5.41) is 3.87. The molecule has 0 atom stereocenters. The number of nitrogens with one attached hydrogen (secondary N) is 1. The predicted octanol–water partition coefficient (Wildman–Crippen LogP) is 5.11. The van der Waals surface area contributed by atoms with Gasteiger partial charge in [0.05, 0.1) is 16.8 Å². The minimum absolute atomic E-state index is 0.0646. The van der Waals surface area contributed by atoms with Crippen LogP contribution in [0, 0.1) is 6.92 Å². The van der Waals surface area contributed by atoms with E-state index in [0.717, 1.165) is 32.2 Å². The van der Waals surface area contributed by atoms with Crippen molar-refractivity contribution >= 4 is 32.7 Å². The van der Waals surface area contributed by atoms with E-state index in [1.807, 2.05) is 69.3 Å². The average molecular weight is 383 g/mol. The highest BCUT2D eigenvalue weighted by Gasteiger charge is 2.19. The maximum absolute atomic E-state index is 12.8. The fourth-order valence-corrected chi connectivity index (χ4v) is 3.20. The van der Waals surface area contributed by atoms with E-state index in [9.17, 15) is 4.79 Å². The van der Waals surface area contributed by atoms with Crippen molar-refractivity contribution in [1.29, 1.82) is 0 Å². The molecule has 0 spiro atoms. The Balaban J connectivity index is 2.31. The summed E-state index contributed by atoms with van der Waals surface area (Å²) in [6.45, 7) is 5.89. The molecule has 3 rings (SSSR count). The summed E-state index contributed by atoms with van der Waals surface area (Å²) >= 11 is 3.50. The number of nitrogens with zero attached hydrogens (tertiary/aromatic N) is 1. The zero-order valence-electron chi connectivity index (χ0n) is 13.9. The number of rotatable bonds is 3. The molecular weight excluding hydrogens is 364 g/mol. The SMILES string of the molecule is Cc1c(-c2ccccc2)nc2ccc(Br)cc2c1C(=O)NC(C)C. The molecule has 0 radical (unpaired) electrons. The van der Waals surface area contributed by atoms with Gasteiger partial charge in [0.15, 0.2) is 0 Å². The lowest BCUT2D eigenvalue weighted by Crippen LogP contribution is -2.31. The highest BCUT2D eigenvalue weighted by Crippen LogP contribution is 2.31. The Morgan fingerprint density at radius 1 is 1.12 bits per heavy atom. The monoisotopic (exact) mass is 382 g/mol. The molecule has 0 aliphatic carbocycles. The second-order valence-electron chi connectivity index (χ2n) is 6.12. The minimum Gasteiger partial charge on any atom is -0.350 e. The standard InChI is InChI=1S/C20H19BrN2O/c1-12(2)22-20(24)18-13(3)19(14-7-5-4-6-8-14)23-17-10-9-15(21)11-16(17)18/h4-12H,1-3H3,(H,22,24). The molecule has 122 valence electrons. The first kappa shape index (κ1) is 16.7. The van der Waals surface area contributed by atoms with Crippen molar-refractivity contribution in [2.75, 3.05) is 0 Å². The van der Waals surface area contributed by atoms with Crippen molar-refractivity contribution in [3.8, 4) is 11.3 Å². The van der Waals surface area contributed by atoms with Gasteiger partial charge in [-0.25, -0.2) is 4.98 Å². The number of fused-ring (bicyclic) bond motifs is 1. The van der Waals surface area contributed by atoms with Crippen LogP contribution >= 0.6 is 15.9 Å². The van der Waals surface area contributed by atoms with Gasteiger partial charge in [-0.05, 0) is 44.5 Å². The molecule has 3 nitrogen and oxygen atoms in total. The van der Waals surface area contributed by atoms with Gasteiger partial charge in [-0.3, -0.25) is 4.79 Å². The van der Waals surface area contributed by atoms with E-state index in [4.69, 9.17) is 4.98 Å². The number of hydrogen-bond donors (Lipinski definition) is 1. The van der Waals surface area contributed by atoms with Gasteiger partial charge in [0.1, 0.15) is 0 Å². The quantitative estimate of drug-likeness (QED) is 0.683. The first-order valence-corrected chi connectivity index (χ1v) is 8.73. The van der Waals surface area contributed by atoms with Crippen LogP contribution in [0.25, 0.3) is 22.2 Å². The molecule has 3 aromatic rings. The summed E-state index contributed by atoms with van der Waals surface area (Å²) in [4.78, 5) is 17.6. The maximum atomic E-state index is 12.8. The number of halogens is 1. The third kappa shape index (κ3) is 3.20. The van der Waals surface area contributed by atoms with Gasteiger partial charge in [0, 0.05) is 21.5 Å². The fraction of sp³-hybridized carbons (Fsp3) is 0.200. The van der Waals surface area contributed by atoms with Crippen LogP contribution in [0.2, 0.25) is 0 Å². The lowest BCUT2D eigenvalue weighted by atomic mass is 9.97. The van der Waals surface area contributed by atoms with Crippen LogP contribution in [-0.4, -0.2) is 16.9 Å². The number of hydrogen-bond acceptors (Lipinski definition) is 2. The Morgan fingerprint density at radius 2 is 1.83 bits per heavy atom. The Morgan fingerprint density at radius 3 is 2.50 bits per heavy atom. The first-order valence-electron chi connectivity index (χ1n) is 7.93. The van der Waals surface area contributed by atoms with Gasteiger partial charge >= 0.3 is 0 Å². The average Bonchev–Trinajstić information content (AvgIpc) is 2.54. The summed E-state index contributed by atoms with van der Waals surface area (Å²) in [5.74, 6) is -0.0646. The van der Waals surface area contributed by atoms with E-state index in [-0.39, 0.29) is 11.9 Å². The molecule has 1 heterocycles. The van der Waals surface area contributed by atoms with Crippen molar-refractivity contribution < 1.29 is 4.79 Å². The molecule has 24 heavy (non-hydrogen) atoms. The van der Waals surface area contributed by atoms with Crippen LogP contribution in [-0.2, 0) is 0 Å². The molecule has 0 saturated carbocycles. The third-order valence-corrected chi connectivity index (χ3v) is 4.38. The van der Waals surface area contributed by atoms with Crippen molar-refractivity contribution in [3.63, 3.8) is 0 Å². The minimum atomic E-state index is -0.0646. The number of pyridine rings is 1. The summed E-state index contributed by atoms with van der Waals surface area (Å²) < 4.78 is 0.933. The zero-order chi connectivity index (χ0) is 17.3. The molecule has 0 saturated heterocycles. The van der Waals surface area contributed by atoms with E-state index >= 15 is 0 Å². The molecule has 0 aliphatic heterocycles. The molecular formula is C20H19BrN2O. The summed E-state index contributed by atoms with van der Waals surface area (Å²) in [5.41, 5.74) is 4.26. The van der Waals surface area contributed by atoms with Crippen molar-refractivity contribution in [3.05, 3.63) is 64.1 Å². The van der Waals surface area contributed by atoms with Crippen molar-refractivity contribution in [2.45, 2.75) is 26.8 Å². The maximum Gasteiger partial charge on any atom is 0.252 e. The Bertz CT molecular complexity index is 904. The van der Waals surface area contributed by atoms with E-state index in [2.05, 4.69) is 21.2 Å². The highest BCUT2D eigenvalue weighted by atomic mass is 79.9. The smallest absolute Gasteiger partial charge is 0.252 e. The van der Waals surface area contributed by atoms with Gasteiger partial charge in [0.25, 0.3) is 5.91 Å². The van der Waals surface area contributed by atoms with Gasteiger partial charge in [-0.15, -0.1) is 0 Å². The second kappa shape index (κ2) is 6.73. The number of benzene rings is 2. The molecule has 4 heteroatoms. The predicted molar refractivity (Wildman–Crippen MR) is 102 cm³/mol. The largest absolute Gasteiger partial charge is 0.350 e.